The molecule has 1 aromatic rings. The largest absolute Gasteiger partial charge is 0.496 e. The number of nitrogens with zero attached hydrogens (tertiary/aromatic N) is 1. The summed E-state index contributed by atoms with van der Waals surface area (Å²) >= 11 is 0. The molecule has 1 amide bonds. The van der Waals surface area contributed by atoms with Crippen molar-refractivity contribution in [3.63, 3.8) is 0 Å². The van der Waals surface area contributed by atoms with E-state index in [4.69, 9.17) is 9.47 Å². The van der Waals surface area contributed by atoms with Gasteiger partial charge in [-0.2, -0.15) is 0 Å². The van der Waals surface area contributed by atoms with E-state index in [2.05, 4.69) is 5.32 Å². The molecule has 0 aromatic heterocycles. The minimum atomic E-state index is -0.283. The fraction of sp³-hybridized carbons (Fsp3) is 0.429. The normalized spacial score (nSPS) is 10.2. The maximum atomic E-state index is 12.1. The highest BCUT2D eigenvalue weighted by Gasteiger charge is 2.16. The number of methoxy groups -OCH3 is 2. The van der Waals surface area contributed by atoms with E-state index in [-0.39, 0.29) is 5.91 Å². The van der Waals surface area contributed by atoms with E-state index in [1.54, 1.807) is 0 Å². The monoisotopic (exact) mass is 280 g/mol. The Bertz CT molecular complexity index is 486. The standard InChI is InChI=1S/C14H20N2O4/c1-16(2)6-5-15-14(18)11-7-10(9-17)12(19-3)8-13(11)20-4/h7-9H,5-6H2,1-4H3,(H,15,18). The van der Waals surface area contributed by atoms with Gasteiger partial charge in [-0.15, -0.1) is 0 Å². The molecule has 0 spiro atoms. The molecule has 6 nitrogen and oxygen atoms in total. The molecule has 0 saturated heterocycles. The summed E-state index contributed by atoms with van der Waals surface area (Å²) in [5, 5.41) is 2.78. The van der Waals surface area contributed by atoms with Crippen LogP contribution in [0.1, 0.15) is 20.7 Å². The summed E-state index contributed by atoms with van der Waals surface area (Å²) in [5.41, 5.74) is 0.625. The molecule has 0 fully saturated rings. The first kappa shape index (κ1) is 16.0. The number of likely N-dealkylation sites (N-methyl/N-ethyl adjacent to an activating group) is 1. The molecule has 1 N–H and O–H groups in total. The molecular formula is C14H20N2O4. The van der Waals surface area contributed by atoms with Crippen LogP contribution in [0.3, 0.4) is 0 Å². The van der Waals surface area contributed by atoms with Crippen molar-refractivity contribution in [3.8, 4) is 11.5 Å². The molecular weight excluding hydrogens is 260 g/mol. The van der Waals surface area contributed by atoms with Crippen LogP contribution in [-0.2, 0) is 0 Å². The molecule has 0 aliphatic heterocycles. The van der Waals surface area contributed by atoms with Crippen molar-refractivity contribution in [2.24, 2.45) is 0 Å². The van der Waals surface area contributed by atoms with Crippen LogP contribution in [0.4, 0.5) is 0 Å². The quantitative estimate of drug-likeness (QED) is 0.749. The zero-order chi connectivity index (χ0) is 15.1. The second kappa shape index (κ2) is 7.49. The first-order valence-corrected chi connectivity index (χ1v) is 6.17. The Balaban J connectivity index is 2.97. The highest BCUT2D eigenvalue weighted by molar-refractivity contribution is 5.99. The lowest BCUT2D eigenvalue weighted by Gasteiger charge is -2.14. The number of carbonyl (C=O) groups excluding carboxylic acids is 2. The lowest BCUT2D eigenvalue weighted by molar-refractivity contribution is 0.0948. The lowest BCUT2D eigenvalue weighted by atomic mass is 10.1. The Morgan fingerprint density at radius 3 is 2.40 bits per heavy atom. The van der Waals surface area contributed by atoms with Gasteiger partial charge in [0.2, 0.25) is 0 Å². The molecule has 20 heavy (non-hydrogen) atoms. The maximum Gasteiger partial charge on any atom is 0.255 e. The second-order valence-electron chi connectivity index (χ2n) is 4.47. The van der Waals surface area contributed by atoms with Crippen LogP contribution in [0.2, 0.25) is 0 Å². The Hall–Kier alpha value is -2.08. The van der Waals surface area contributed by atoms with Gasteiger partial charge in [0.25, 0.3) is 5.91 Å². The highest BCUT2D eigenvalue weighted by atomic mass is 16.5. The van der Waals surface area contributed by atoms with Crippen molar-refractivity contribution in [2.45, 2.75) is 0 Å². The number of hydrogen-bond donors (Lipinski definition) is 1. The van der Waals surface area contributed by atoms with Crippen LogP contribution in [0.25, 0.3) is 0 Å². The van der Waals surface area contributed by atoms with Gasteiger partial charge in [0, 0.05) is 19.2 Å². The summed E-state index contributed by atoms with van der Waals surface area (Å²) in [5.74, 6) is 0.464. The average molecular weight is 280 g/mol. The molecule has 0 radical (unpaired) electrons. The average Bonchev–Trinajstić information content (AvgIpc) is 2.45. The predicted molar refractivity (Wildman–Crippen MR) is 75.8 cm³/mol. The van der Waals surface area contributed by atoms with Crippen molar-refractivity contribution in [1.29, 1.82) is 0 Å². The van der Waals surface area contributed by atoms with E-state index >= 15 is 0 Å². The number of hydrogen-bond acceptors (Lipinski definition) is 5. The van der Waals surface area contributed by atoms with Crippen molar-refractivity contribution >= 4 is 12.2 Å². The van der Waals surface area contributed by atoms with E-state index < -0.39 is 0 Å². The van der Waals surface area contributed by atoms with E-state index in [0.29, 0.717) is 35.5 Å². The molecule has 0 aliphatic rings. The van der Waals surface area contributed by atoms with Crippen molar-refractivity contribution in [2.75, 3.05) is 41.4 Å². The second-order valence-corrected chi connectivity index (χ2v) is 4.47. The molecule has 1 aromatic carbocycles. The van der Waals surface area contributed by atoms with Crippen molar-refractivity contribution < 1.29 is 19.1 Å². The molecule has 6 heteroatoms. The fourth-order valence-electron chi connectivity index (χ4n) is 1.68. The van der Waals surface area contributed by atoms with E-state index in [1.807, 2.05) is 19.0 Å². The molecule has 0 saturated carbocycles. The third kappa shape index (κ3) is 3.96. The SMILES string of the molecule is COc1cc(OC)c(C(=O)NCCN(C)C)cc1C=O. The molecule has 0 unspecified atom stereocenters. The smallest absolute Gasteiger partial charge is 0.255 e. The van der Waals surface area contributed by atoms with Crippen molar-refractivity contribution in [3.05, 3.63) is 23.3 Å². The number of carbonyl (C=O) groups is 2. The Labute approximate surface area is 118 Å². The van der Waals surface area contributed by atoms with Gasteiger partial charge in [-0.05, 0) is 20.2 Å². The molecule has 0 bridgehead atoms. The van der Waals surface area contributed by atoms with Gasteiger partial charge < -0.3 is 19.7 Å². The molecule has 0 aliphatic carbocycles. The van der Waals surface area contributed by atoms with Gasteiger partial charge in [0.05, 0.1) is 25.3 Å². The number of rotatable bonds is 7. The van der Waals surface area contributed by atoms with E-state index in [9.17, 15) is 9.59 Å². The Kier molecular flexibility index (Phi) is 5.99. The number of nitrogens with one attached hydrogen (secondary N) is 1. The first-order valence-electron chi connectivity index (χ1n) is 6.17. The van der Waals surface area contributed by atoms with Gasteiger partial charge in [-0.1, -0.05) is 0 Å². The van der Waals surface area contributed by atoms with Gasteiger partial charge >= 0.3 is 0 Å². The summed E-state index contributed by atoms with van der Waals surface area (Å²) in [6.07, 6.45) is 0.648. The van der Waals surface area contributed by atoms with E-state index in [0.717, 1.165) is 6.54 Å². The summed E-state index contributed by atoms with van der Waals surface area (Å²) in [6.45, 7) is 1.24. The molecule has 1 rings (SSSR count). The molecule has 0 heterocycles. The van der Waals surface area contributed by atoms with Gasteiger partial charge in [-0.3, -0.25) is 9.59 Å². The number of benzene rings is 1. The minimum Gasteiger partial charge on any atom is -0.496 e. The minimum absolute atomic E-state index is 0.283. The summed E-state index contributed by atoms with van der Waals surface area (Å²) in [6, 6.07) is 3.00. The Morgan fingerprint density at radius 1 is 1.25 bits per heavy atom. The number of ether oxygens (including phenoxy) is 2. The lowest BCUT2D eigenvalue weighted by Crippen LogP contribution is -2.31. The van der Waals surface area contributed by atoms with Crippen LogP contribution < -0.4 is 14.8 Å². The highest BCUT2D eigenvalue weighted by Crippen LogP contribution is 2.28. The van der Waals surface area contributed by atoms with Gasteiger partial charge in [0.1, 0.15) is 11.5 Å². The third-order valence-corrected chi connectivity index (χ3v) is 2.77. The third-order valence-electron chi connectivity index (χ3n) is 2.77. The zero-order valence-corrected chi connectivity index (χ0v) is 12.2. The topological polar surface area (TPSA) is 67.9 Å². The number of aldehydes is 1. The van der Waals surface area contributed by atoms with Crippen LogP contribution in [0, 0.1) is 0 Å². The van der Waals surface area contributed by atoms with Crippen molar-refractivity contribution in [1.82, 2.24) is 10.2 Å². The van der Waals surface area contributed by atoms with Gasteiger partial charge in [-0.25, -0.2) is 0 Å². The van der Waals surface area contributed by atoms with Crippen LogP contribution in [-0.4, -0.2) is 58.5 Å². The van der Waals surface area contributed by atoms with Crippen LogP contribution >= 0.6 is 0 Å². The van der Waals surface area contributed by atoms with Crippen LogP contribution in [0.5, 0.6) is 11.5 Å². The van der Waals surface area contributed by atoms with E-state index in [1.165, 1.54) is 26.4 Å². The van der Waals surface area contributed by atoms with Crippen LogP contribution in [0.15, 0.2) is 12.1 Å². The zero-order valence-electron chi connectivity index (χ0n) is 12.2. The predicted octanol–water partition coefficient (Wildman–Crippen LogP) is 0.808. The summed E-state index contributed by atoms with van der Waals surface area (Å²) in [7, 11) is 6.76. The maximum absolute atomic E-state index is 12.1. The number of amides is 1. The fourth-order valence-corrected chi connectivity index (χ4v) is 1.68. The van der Waals surface area contributed by atoms with Gasteiger partial charge in [0.15, 0.2) is 6.29 Å². The first-order chi connectivity index (χ1) is 9.53. The molecule has 110 valence electrons. The summed E-state index contributed by atoms with van der Waals surface area (Å²) in [4.78, 5) is 25.1. The Morgan fingerprint density at radius 2 is 1.90 bits per heavy atom. The summed E-state index contributed by atoms with van der Waals surface area (Å²) < 4.78 is 10.2. The molecule has 0 atom stereocenters.